The zero-order valence-corrected chi connectivity index (χ0v) is 32.6. The highest BCUT2D eigenvalue weighted by molar-refractivity contribution is 5.33. The lowest BCUT2D eigenvalue weighted by atomic mass is 9.97. The van der Waals surface area contributed by atoms with Crippen LogP contribution >= 0.6 is 0 Å². The van der Waals surface area contributed by atoms with Crippen LogP contribution in [0.4, 0.5) is 0 Å². The van der Waals surface area contributed by atoms with E-state index >= 15 is 0 Å². The van der Waals surface area contributed by atoms with E-state index in [1.165, 1.54) is 161 Å². The van der Waals surface area contributed by atoms with E-state index in [-0.39, 0.29) is 6.04 Å². The molecule has 0 radical (unpaired) electrons. The SMILES string of the molecule is CCCCCCCCCCCCCCCC(CCCOC#N)N=C=O.CCCCCCCCCCCCCCCC(CCOC#N)CN=C=O. The number of rotatable bonds is 38. The number of nitrogens with zero attached hydrogens (tertiary/aromatic N) is 4. The fourth-order valence-corrected chi connectivity index (χ4v) is 6.40. The van der Waals surface area contributed by atoms with Crippen LogP contribution in [0.5, 0.6) is 0 Å². The smallest absolute Gasteiger partial charge is 0.286 e. The van der Waals surface area contributed by atoms with Gasteiger partial charge in [-0.15, -0.1) is 0 Å². The van der Waals surface area contributed by atoms with E-state index in [1.54, 1.807) is 24.7 Å². The molecule has 0 N–H and O–H groups in total. The van der Waals surface area contributed by atoms with Gasteiger partial charge in [0.2, 0.25) is 12.2 Å². The summed E-state index contributed by atoms with van der Waals surface area (Å²) in [7, 11) is 0. The first-order valence-corrected chi connectivity index (χ1v) is 20.8. The Morgan fingerprint density at radius 1 is 0.460 bits per heavy atom. The molecule has 8 heteroatoms. The van der Waals surface area contributed by atoms with Crippen LogP contribution in [0.2, 0.25) is 0 Å². The summed E-state index contributed by atoms with van der Waals surface area (Å²) in [5, 5.41) is 16.7. The molecule has 8 nitrogen and oxygen atoms in total. The zero-order valence-electron chi connectivity index (χ0n) is 32.6. The first kappa shape index (κ1) is 49.5. The van der Waals surface area contributed by atoms with Gasteiger partial charge in [-0.05, 0) is 38.0 Å². The summed E-state index contributed by atoms with van der Waals surface area (Å²) in [4.78, 5) is 28.3. The molecule has 0 fully saturated rings. The van der Waals surface area contributed by atoms with Gasteiger partial charge in [-0.2, -0.15) is 10.5 Å². The van der Waals surface area contributed by atoms with Crippen molar-refractivity contribution >= 4 is 12.2 Å². The van der Waals surface area contributed by atoms with Crippen molar-refractivity contribution in [2.75, 3.05) is 19.8 Å². The Balaban J connectivity index is 0. The van der Waals surface area contributed by atoms with Crippen molar-refractivity contribution in [2.45, 2.75) is 219 Å². The fraction of sp³-hybridized carbons (Fsp3) is 0.905. The number of unbranched alkanes of at least 4 members (excludes halogenated alkanes) is 24. The molecule has 0 heterocycles. The van der Waals surface area contributed by atoms with Crippen LogP contribution in [0, 0.1) is 29.0 Å². The molecule has 2 unspecified atom stereocenters. The highest BCUT2D eigenvalue weighted by Gasteiger charge is 2.09. The molecule has 0 saturated heterocycles. The third kappa shape index (κ3) is 43.4. The average Bonchev–Trinajstić information content (AvgIpc) is 3.13. The van der Waals surface area contributed by atoms with E-state index in [0.29, 0.717) is 25.7 Å². The molecule has 0 saturated carbocycles. The van der Waals surface area contributed by atoms with Crippen molar-refractivity contribution in [1.29, 1.82) is 10.5 Å². The van der Waals surface area contributed by atoms with Crippen molar-refractivity contribution in [3.8, 4) is 12.5 Å². The molecule has 0 aliphatic rings. The van der Waals surface area contributed by atoms with Gasteiger partial charge >= 0.3 is 0 Å². The maximum atomic E-state index is 10.5. The minimum atomic E-state index is 0.0486. The normalized spacial score (nSPS) is 11.5. The van der Waals surface area contributed by atoms with Gasteiger partial charge in [0.25, 0.3) is 12.5 Å². The van der Waals surface area contributed by atoms with Crippen LogP contribution in [0.1, 0.15) is 213 Å². The van der Waals surface area contributed by atoms with Gasteiger partial charge in [0, 0.05) is 0 Å². The predicted molar refractivity (Wildman–Crippen MR) is 206 cm³/mol. The second kappa shape index (κ2) is 46.3. The summed E-state index contributed by atoms with van der Waals surface area (Å²) in [5.41, 5.74) is 0. The second-order valence-electron chi connectivity index (χ2n) is 14.0. The van der Waals surface area contributed by atoms with Crippen molar-refractivity contribution in [1.82, 2.24) is 0 Å². The molecule has 0 aliphatic heterocycles. The number of ether oxygens (including phenoxy) is 2. The standard InChI is InChI=1S/2C21H38N2O2/c1-2-3-4-5-6-7-8-9-10-11-12-13-14-16-21(23-20-24)17-15-18-25-19-22;1-2-3-4-5-6-7-8-9-10-11-12-13-14-15-21(18-23-20-24)16-17-25-19-22/h2*21H,2-18H2,1H3. The average molecular weight is 701 g/mol. The van der Waals surface area contributed by atoms with Gasteiger partial charge in [-0.25, -0.2) is 19.6 Å². The van der Waals surface area contributed by atoms with Crippen molar-refractivity contribution in [3.05, 3.63) is 0 Å². The van der Waals surface area contributed by atoms with E-state index in [9.17, 15) is 9.59 Å². The van der Waals surface area contributed by atoms with E-state index in [2.05, 4.69) is 28.6 Å². The highest BCUT2D eigenvalue weighted by atomic mass is 16.5. The first-order chi connectivity index (χ1) is 24.7. The number of carbonyl (C=O) groups excluding carboxylic acids is 2. The van der Waals surface area contributed by atoms with Gasteiger partial charge < -0.3 is 9.47 Å². The van der Waals surface area contributed by atoms with Crippen molar-refractivity contribution in [3.63, 3.8) is 0 Å². The van der Waals surface area contributed by atoms with Crippen molar-refractivity contribution < 1.29 is 19.1 Å². The summed E-state index contributed by atoms with van der Waals surface area (Å²) in [5.74, 6) is 0.336. The largest absolute Gasteiger partial charge is 0.428 e. The van der Waals surface area contributed by atoms with Crippen LogP contribution in [0.15, 0.2) is 9.98 Å². The molecule has 288 valence electrons. The lowest BCUT2D eigenvalue weighted by Crippen LogP contribution is -2.08. The van der Waals surface area contributed by atoms with Gasteiger partial charge in [-0.1, -0.05) is 181 Å². The monoisotopic (exact) mass is 701 g/mol. The second-order valence-corrected chi connectivity index (χ2v) is 14.0. The number of nitriles is 2. The molecule has 0 aromatic rings. The number of isocyanates is 2. The molecule has 2 atom stereocenters. The molecule has 0 aliphatic carbocycles. The quantitative estimate of drug-likeness (QED) is 0.0273. The minimum absolute atomic E-state index is 0.0486. The molecule has 50 heavy (non-hydrogen) atoms. The topological polar surface area (TPSA) is 125 Å². The van der Waals surface area contributed by atoms with Crippen LogP contribution < -0.4 is 0 Å². The number of hydrogen-bond acceptors (Lipinski definition) is 8. The van der Waals surface area contributed by atoms with E-state index in [4.69, 9.17) is 15.3 Å². The Labute approximate surface area is 308 Å². The van der Waals surface area contributed by atoms with Gasteiger partial charge in [-0.3, -0.25) is 0 Å². The lowest BCUT2D eigenvalue weighted by Gasteiger charge is -2.12. The van der Waals surface area contributed by atoms with Crippen LogP contribution in [0.3, 0.4) is 0 Å². The molecular formula is C42H76N4O4. The summed E-state index contributed by atoms with van der Waals surface area (Å²) in [6, 6.07) is 0.0486. The Morgan fingerprint density at radius 2 is 0.840 bits per heavy atom. The maximum absolute atomic E-state index is 10.5. The van der Waals surface area contributed by atoms with Crippen LogP contribution in [-0.4, -0.2) is 38.0 Å². The fourth-order valence-electron chi connectivity index (χ4n) is 6.40. The predicted octanol–water partition coefficient (Wildman–Crippen LogP) is 12.8. The van der Waals surface area contributed by atoms with E-state index in [0.717, 1.165) is 38.5 Å². The van der Waals surface area contributed by atoms with Crippen molar-refractivity contribution in [2.24, 2.45) is 15.9 Å². The van der Waals surface area contributed by atoms with E-state index < -0.39 is 0 Å². The Bertz CT molecular complexity index is 859. The molecule has 0 amide bonds. The van der Waals surface area contributed by atoms with Gasteiger partial charge in [0.1, 0.15) is 13.2 Å². The Kier molecular flexibility index (Phi) is 45.8. The first-order valence-electron chi connectivity index (χ1n) is 20.8. The molecule has 0 spiro atoms. The third-order valence-electron chi connectivity index (χ3n) is 9.55. The minimum Gasteiger partial charge on any atom is -0.428 e. The summed E-state index contributed by atoms with van der Waals surface area (Å²) in [6.45, 7) is 5.88. The highest BCUT2D eigenvalue weighted by Crippen LogP contribution is 2.18. The molecular weight excluding hydrogens is 624 g/mol. The van der Waals surface area contributed by atoms with Crippen LogP contribution in [0.25, 0.3) is 0 Å². The summed E-state index contributed by atoms with van der Waals surface area (Å²) in [6.07, 6.45) is 46.0. The van der Waals surface area contributed by atoms with Gasteiger partial charge in [0.05, 0.1) is 12.6 Å². The van der Waals surface area contributed by atoms with E-state index in [1.807, 2.05) is 0 Å². The molecule has 0 bridgehead atoms. The zero-order chi connectivity index (χ0) is 36.9. The maximum Gasteiger partial charge on any atom is 0.286 e. The van der Waals surface area contributed by atoms with Gasteiger partial charge in [0.15, 0.2) is 0 Å². The summed E-state index contributed by atoms with van der Waals surface area (Å²) >= 11 is 0. The van der Waals surface area contributed by atoms with Crippen LogP contribution in [-0.2, 0) is 19.1 Å². The number of aliphatic imine (C=N–C) groups is 2. The molecule has 0 aromatic carbocycles. The lowest BCUT2D eigenvalue weighted by molar-refractivity contribution is 0.235. The Morgan fingerprint density at radius 3 is 1.24 bits per heavy atom. The summed E-state index contributed by atoms with van der Waals surface area (Å²) < 4.78 is 9.38. The third-order valence-corrected chi connectivity index (χ3v) is 9.55. The molecule has 0 rings (SSSR count). The molecule has 0 aromatic heterocycles. The Hall–Kier alpha value is -2.66. The number of hydrogen-bond donors (Lipinski definition) is 0.